The van der Waals surface area contributed by atoms with Crippen LogP contribution in [0.4, 0.5) is 0 Å². The van der Waals surface area contributed by atoms with Gasteiger partial charge in [-0.05, 0) is 19.4 Å². The predicted molar refractivity (Wildman–Crippen MR) is 56.0 cm³/mol. The lowest BCUT2D eigenvalue weighted by molar-refractivity contribution is 0.238. The largest absolute Gasteiger partial charge is 0.395 e. The second-order valence-corrected chi connectivity index (χ2v) is 3.40. The summed E-state index contributed by atoms with van der Waals surface area (Å²) in [6.45, 7) is 4.22. The topological polar surface area (TPSA) is 50.1 Å². The van der Waals surface area contributed by atoms with Crippen molar-refractivity contribution in [2.45, 2.75) is 32.4 Å². The van der Waals surface area contributed by atoms with E-state index in [1.165, 1.54) is 0 Å². The highest BCUT2D eigenvalue weighted by Crippen LogP contribution is 1.92. The second-order valence-electron chi connectivity index (χ2n) is 3.40. The number of nitrogens with zero attached hydrogens (tertiary/aromatic N) is 2. The fourth-order valence-corrected chi connectivity index (χ4v) is 1.32. The maximum absolute atomic E-state index is 8.93. The van der Waals surface area contributed by atoms with Gasteiger partial charge in [-0.1, -0.05) is 6.92 Å². The molecule has 0 fully saturated rings. The highest BCUT2D eigenvalue weighted by atomic mass is 16.3. The van der Waals surface area contributed by atoms with E-state index >= 15 is 0 Å². The number of aryl methyl sites for hydroxylation is 1. The van der Waals surface area contributed by atoms with Gasteiger partial charge in [0, 0.05) is 25.0 Å². The van der Waals surface area contributed by atoms with E-state index in [2.05, 4.69) is 21.8 Å². The van der Waals surface area contributed by atoms with Crippen LogP contribution in [-0.2, 0) is 6.54 Å². The Labute approximate surface area is 85.0 Å². The summed E-state index contributed by atoms with van der Waals surface area (Å²) in [6, 6.07) is 0.248. The third-order valence-electron chi connectivity index (χ3n) is 2.30. The third kappa shape index (κ3) is 3.89. The van der Waals surface area contributed by atoms with Crippen LogP contribution in [0.1, 0.15) is 19.8 Å². The van der Waals surface area contributed by atoms with Crippen LogP contribution in [0.15, 0.2) is 18.7 Å². The number of aromatic nitrogens is 2. The van der Waals surface area contributed by atoms with Crippen molar-refractivity contribution >= 4 is 0 Å². The molecule has 1 atom stereocenters. The molecule has 14 heavy (non-hydrogen) atoms. The predicted octanol–water partition coefficient (Wildman–Crippen LogP) is 0.634. The standard InChI is InChI=1S/C10H19N3O/c1-2-10(8-14)12-4-3-6-13-7-5-11-9-13/h5,7,9-10,12,14H,2-4,6,8H2,1H3. The summed E-state index contributed by atoms with van der Waals surface area (Å²) in [5.41, 5.74) is 0. The van der Waals surface area contributed by atoms with E-state index in [-0.39, 0.29) is 12.6 Å². The van der Waals surface area contributed by atoms with Crippen LogP contribution < -0.4 is 5.32 Å². The molecule has 1 rings (SSSR count). The molecule has 0 aromatic carbocycles. The Hall–Kier alpha value is -0.870. The summed E-state index contributed by atoms with van der Waals surface area (Å²) in [5.74, 6) is 0. The zero-order chi connectivity index (χ0) is 10.2. The fraction of sp³-hybridized carbons (Fsp3) is 0.700. The van der Waals surface area contributed by atoms with E-state index in [4.69, 9.17) is 5.11 Å². The van der Waals surface area contributed by atoms with Gasteiger partial charge in [-0.15, -0.1) is 0 Å². The molecule has 0 bridgehead atoms. The van der Waals surface area contributed by atoms with E-state index in [0.717, 1.165) is 25.9 Å². The van der Waals surface area contributed by atoms with E-state index < -0.39 is 0 Å². The lowest BCUT2D eigenvalue weighted by Crippen LogP contribution is -2.32. The highest BCUT2D eigenvalue weighted by molar-refractivity contribution is 4.74. The highest BCUT2D eigenvalue weighted by Gasteiger charge is 2.01. The number of hydrogen-bond acceptors (Lipinski definition) is 3. The second kappa shape index (κ2) is 6.56. The Balaban J connectivity index is 2.04. The molecule has 0 radical (unpaired) electrons. The molecule has 4 nitrogen and oxygen atoms in total. The molecule has 0 amide bonds. The maximum atomic E-state index is 8.93. The van der Waals surface area contributed by atoms with Gasteiger partial charge in [0.15, 0.2) is 0 Å². The van der Waals surface area contributed by atoms with Gasteiger partial charge in [0.05, 0.1) is 12.9 Å². The molecule has 0 aliphatic carbocycles. The van der Waals surface area contributed by atoms with Crippen molar-refractivity contribution in [2.75, 3.05) is 13.2 Å². The summed E-state index contributed by atoms with van der Waals surface area (Å²) in [4.78, 5) is 3.97. The van der Waals surface area contributed by atoms with Crippen molar-refractivity contribution < 1.29 is 5.11 Å². The number of aliphatic hydroxyl groups excluding tert-OH is 1. The molecule has 80 valence electrons. The Morgan fingerprint density at radius 2 is 2.43 bits per heavy atom. The zero-order valence-electron chi connectivity index (χ0n) is 8.69. The van der Waals surface area contributed by atoms with Gasteiger partial charge in [0.1, 0.15) is 0 Å². The molecular weight excluding hydrogens is 178 g/mol. The van der Waals surface area contributed by atoms with Gasteiger partial charge < -0.3 is 15.0 Å². The first-order valence-corrected chi connectivity index (χ1v) is 5.16. The number of aliphatic hydroxyl groups is 1. The fourth-order valence-electron chi connectivity index (χ4n) is 1.32. The molecular formula is C10H19N3O. The van der Waals surface area contributed by atoms with Crippen LogP contribution in [0.25, 0.3) is 0 Å². The van der Waals surface area contributed by atoms with Gasteiger partial charge in [-0.2, -0.15) is 0 Å². The van der Waals surface area contributed by atoms with Crippen molar-refractivity contribution in [3.05, 3.63) is 18.7 Å². The van der Waals surface area contributed by atoms with Gasteiger partial charge >= 0.3 is 0 Å². The van der Waals surface area contributed by atoms with Crippen LogP contribution >= 0.6 is 0 Å². The molecule has 1 unspecified atom stereocenters. The Morgan fingerprint density at radius 3 is 3.00 bits per heavy atom. The number of hydrogen-bond donors (Lipinski definition) is 2. The summed E-state index contributed by atoms with van der Waals surface area (Å²) < 4.78 is 2.06. The van der Waals surface area contributed by atoms with Crippen molar-refractivity contribution in [3.8, 4) is 0 Å². The Kier molecular flexibility index (Phi) is 5.25. The lowest BCUT2D eigenvalue weighted by atomic mass is 10.2. The van der Waals surface area contributed by atoms with Crippen molar-refractivity contribution in [2.24, 2.45) is 0 Å². The molecule has 1 heterocycles. The number of nitrogens with one attached hydrogen (secondary N) is 1. The molecule has 0 spiro atoms. The summed E-state index contributed by atoms with van der Waals surface area (Å²) in [5, 5.41) is 12.2. The average molecular weight is 197 g/mol. The monoisotopic (exact) mass is 197 g/mol. The van der Waals surface area contributed by atoms with Gasteiger partial charge in [0.25, 0.3) is 0 Å². The molecule has 0 saturated carbocycles. The van der Waals surface area contributed by atoms with Crippen LogP contribution in [0.3, 0.4) is 0 Å². The van der Waals surface area contributed by atoms with Gasteiger partial charge in [0.2, 0.25) is 0 Å². The van der Waals surface area contributed by atoms with E-state index in [1.54, 1.807) is 6.20 Å². The minimum Gasteiger partial charge on any atom is -0.395 e. The zero-order valence-corrected chi connectivity index (χ0v) is 8.69. The van der Waals surface area contributed by atoms with Gasteiger partial charge in [-0.25, -0.2) is 4.98 Å². The number of imidazole rings is 1. The quantitative estimate of drug-likeness (QED) is 0.630. The minimum absolute atomic E-state index is 0.224. The van der Waals surface area contributed by atoms with Crippen molar-refractivity contribution in [1.82, 2.24) is 14.9 Å². The molecule has 1 aromatic heterocycles. The van der Waals surface area contributed by atoms with Crippen LogP contribution in [0.2, 0.25) is 0 Å². The Morgan fingerprint density at radius 1 is 1.57 bits per heavy atom. The molecule has 0 aliphatic heterocycles. The first kappa shape index (κ1) is 11.2. The van der Waals surface area contributed by atoms with E-state index in [1.807, 2.05) is 12.5 Å². The summed E-state index contributed by atoms with van der Waals surface area (Å²) in [6.07, 6.45) is 7.61. The number of rotatable bonds is 7. The van der Waals surface area contributed by atoms with Gasteiger partial charge in [-0.3, -0.25) is 0 Å². The van der Waals surface area contributed by atoms with E-state index in [9.17, 15) is 0 Å². The molecule has 4 heteroatoms. The smallest absolute Gasteiger partial charge is 0.0945 e. The van der Waals surface area contributed by atoms with Crippen molar-refractivity contribution in [1.29, 1.82) is 0 Å². The van der Waals surface area contributed by atoms with Crippen molar-refractivity contribution in [3.63, 3.8) is 0 Å². The third-order valence-corrected chi connectivity index (χ3v) is 2.30. The maximum Gasteiger partial charge on any atom is 0.0945 e. The molecule has 0 aliphatic rings. The normalized spacial score (nSPS) is 13.0. The van der Waals surface area contributed by atoms with Crippen LogP contribution in [-0.4, -0.2) is 33.9 Å². The van der Waals surface area contributed by atoms with Crippen LogP contribution in [0.5, 0.6) is 0 Å². The Bertz CT molecular complexity index is 219. The van der Waals surface area contributed by atoms with Crippen LogP contribution in [0, 0.1) is 0 Å². The van der Waals surface area contributed by atoms with E-state index in [0.29, 0.717) is 0 Å². The average Bonchev–Trinajstić information content (AvgIpc) is 2.71. The first-order valence-electron chi connectivity index (χ1n) is 5.16. The molecule has 2 N–H and O–H groups in total. The minimum atomic E-state index is 0.224. The lowest BCUT2D eigenvalue weighted by Gasteiger charge is -2.13. The molecule has 0 saturated heterocycles. The summed E-state index contributed by atoms with van der Waals surface area (Å²) in [7, 11) is 0. The SMILES string of the molecule is CCC(CO)NCCCn1ccnc1. The molecule has 1 aromatic rings. The summed E-state index contributed by atoms with van der Waals surface area (Å²) >= 11 is 0. The first-order chi connectivity index (χ1) is 6.86.